The molecule has 0 spiro atoms. The molecule has 1 aromatic heterocycles. The van der Waals surface area contributed by atoms with Crippen LogP contribution in [-0.2, 0) is 10.0 Å². The number of aromatic nitrogens is 2. The summed E-state index contributed by atoms with van der Waals surface area (Å²) in [6.07, 6.45) is 0. The summed E-state index contributed by atoms with van der Waals surface area (Å²) in [4.78, 5) is 12.3. The number of methoxy groups -OCH3 is 1. The van der Waals surface area contributed by atoms with Gasteiger partial charge in [0.25, 0.3) is 15.9 Å². The molecule has 0 aliphatic rings. The van der Waals surface area contributed by atoms with E-state index in [0.29, 0.717) is 11.5 Å². The molecule has 12 heteroatoms. The molecule has 0 radical (unpaired) electrons. The summed E-state index contributed by atoms with van der Waals surface area (Å²) >= 11 is 6.72. The van der Waals surface area contributed by atoms with Crippen molar-refractivity contribution in [2.45, 2.75) is 17.3 Å². The lowest BCUT2D eigenvalue weighted by atomic mass is 10.2. The highest BCUT2D eigenvalue weighted by atomic mass is 35.5. The van der Waals surface area contributed by atoms with Crippen molar-refractivity contribution in [3.63, 3.8) is 0 Å². The minimum Gasteiger partial charge on any atom is -0.497 e. The van der Waals surface area contributed by atoms with E-state index >= 15 is 0 Å². The van der Waals surface area contributed by atoms with E-state index in [1.165, 1.54) is 0 Å². The number of nitrogens with zero attached hydrogens (tertiary/aromatic N) is 2. The highest BCUT2D eigenvalue weighted by Crippen LogP contribution is 2.23. The summed E-state index contributed by atoms with van der Waals surface area (Å²) in [5.74, 6) is 0.752. The lowest BCUT2D eigenvalue weighted by Gasteiger charge is -2.14. The second kappa shape index (κ2) is 10.1. The van der Waals surface area contributed by atoms with Crippen molar-refractivity contribution in [3.8, 4) is 11.5 Å². The van der Waals surface area contributed by atoms with E-state index in [1.807, 2.05) is 0 Å². The second-order valence-electron chi connectivity index (χ2n) is 6.32. The van der Waals surface area contributed by atoms with Gasteiger partial charge in [-0.2, -0.15) is 0 Å². The number of amides is 1. The summed E-state index contributed by atoms with van der Waals surface area (Å²) in [5, 5.41) is 10.2. The third-order valence-corrected chi connectivity index (χ3v) is 7.02. The molecule has 0 saturated heterocycles. The van der Waals surface area contributed by atoms with Gasteiger partial charge in [-0.1, -0.05) is 35.1 Å². The van der Waals surface area contributed by atoms with Gasteiger partial charge in [0.1, 0.15) is 18.1 Å². The minimum absolute atomic E-state index is 0.0347. The number of sulfonamides is 1. The first kappa shape index (κ1) is 22.9. The average molecular weight is 483 g/mol. The standard InChI is InChI=1S/C19H19ClN4O5S2/c1-12(11-29-14-9-7-13(28-2)8-10-14)24-31(26,27)19-23-22-18(30-19)21-17(25)15-5-3-4-6-16(15)20/h3-10,12,24H,11H2,1-2H3,(H,21,22,25). The van der Waals surface area contributed by atoms with Crippen LogP contribution < -0.4 is 19.5 Å². The van der Waals surface area contributed by atoms with Crippen molar-refractivity contribution >= 4 is 44.0 Å². The fourth-order valence-electron chi connectivity index (χ4n) is 2.42. The van der Waals surface area contributed by atoms with Crippen LogP contribution in [0.1, 0.15) is 17.3 Å². The number of ether oxygens (including phenoxy) is 2. The number of hydrogen-bond donors (Lipinski definition) is 2. The molecule has 0 aliphatic heterocycles. The first-order valence-electron chi connectivity index (χ1n) is 8.97. The molecular formula is C19H19ClN4O5S2. The van der Waals surface area contributed by atoms with Crippen LogP contribution in [0.5, 0.6) is 11.5 Å². The van der Waals surface area contributed by atoms with Gasteiger partial charge in [-0.15, -0.1) is 10.2 Å². The van der Waals surface area contributed by atoms with Crippen LogP contribution in [0.15, 0.2) is 52.9 Å². The largest absolute Gasteiger partial charge is 0.497 e. The molecule has 164 valence electrons. The van der Waals surface area contributed by atoms with Crippen molar-refractivity contribution in [2.24, 2.45) is 0 Å². The Morgan fingerprint density at radius 3 is 2.48 bits per heavy atom. The Morgan fingerprint density at radius 1 is 1.13 bits per heavy atom. The third-order valence-electron chi connectivity index (χ3n) is 3.89. The normalized spacial score (nSPS) is 12.2. The van der Waals surface area contributed by atoms with Gasteiger partial charge in [0.15, 0.2) is 0 Å². The van der Waals surface area contributed by atoms with Gasteiger partial charge < -0.3 is 9.47 Å². The van der Waals surface area contributed by atoms with Gasteiger partial charge in [0.05, 0.1) is 23.7 Å². The highest BCUT2D eigenvalue weighted by molar-refractivity contribution is 7.91. The number of rotatable bonds is 9. The van der Waals surface area contributed by atoms with E-state index in [-0.39, 0.29) is 26.7 Å². The second-order valence-corrected chi connectivity index (χ2v) is 9.59. The van der Waals surface area contributed by atoms with E-state index in [9.17, 15) is 13.2 Å². The van der Waals surface area contributed by atoms with Gasteiger partial charge in [-0.25, -0.2) is 13.1 Å². The van der Waals surface area contributed by atoms with Crippen molar-refractivity contribution in [1.29, 1.82) is 0 Å². The molecule has 31 heavy (non-hydrogen) atoms. The van der Waals surface area contributed by atoms with Crippen LogP contribution in [-0.4, -0.2) is 44.3 Å². The molecule has 3 aromatic rings. The molecule has 1 atom stereocenters. The molecule has 2 N–H and O–H groups in total. The zero-order valence-electron chi connectivity index (χ0n) is 16.5. The summed E-state index contributed by atoms with van der Waals surface area (Å²) in [7, 11) is -2.38. The van der Waals surface area contributed by atoms with Gasteiger partial charge in [0, 0.05) is 0 Å². The van der Waals surface area contributed by atoms with Gasteiger partial charge in [-0.3, -0.25) is 10.1 Å². The Balaban J connectivity index is 1.58. The number of carbonyl (C=O) groups excluding carboxylic acids is 1. The van der Waals surface area contributed by atoms with Gasteiger partial charge >= 0.3 is 0 Å². The molecule has 3 rings (SSSR count). The quantitative estimate of drug-likeness (QED) is 0.449. The SMILES string of the molecule is COc1ccc(OCC(C)NS(=O)(=O)c2nnc(NC(=O)c3ccccc3Cl)s2)cc1. The van der Waals surface area contributed by atoms with Crippen molar-refractivity contribution in [3.05, 3.63) is 59.1 Å². The maximum absolute atomic E-state index is 12.6. The summed E-state index contributed by atoms with van der Waals surface area (Å²) in [5.41, 5.74) is 0.242. The van der Waals surface area contributed by atoms with Crippen LogP contribution in [0.3, 0.4) is 0 Å². The lowest BCUT2D eigenvalue weighted by Crippen LogP contribution is -2.36. The van der Waals surface area contributed by atoms with Crippen molar-refractivity contribution in [1.82, 2.24) is 14.9 Å². The monoisotopic (exact) mass is 482 g/mol. The number of halogens is 1. The van der Waals surface area contributed by atoms with E-state index < -0.39 is 22.0 Å². The van der Waals surface area contributed by atoms with Crippen molar-refractivity contribution in [2.75, 3.05) is 19.0 Å². The molecule has 0 bridgehead atoms. The first-order valence-corrected chi connectivity index (χ1v) is 11.6. The number of carbonyl (C=O) groups is 1. The molecule has 1 amide bonds. The van der Waals surface area contributed by atoms with Crippen LogP contribution >= 0.6 is 22.9 Å². The molecule has 9 nitrogen and oxygen atoms in total. The van der Waals surface area contributed by atoms with Crippen molar-refractivity contribution < 1.29 is 22.7 Å². The van der Waals surface area contributed by atoms with E-state index in [1.54, 1.807) is 62.6 Å². The van der Waals surface area contributed by atoms with E-state index in [0.717, 1.165) is 11.3 Å². The number of hydrogen-bond acceptors (Lipinski definition) is 8. The molecule has 0 fully saturated rings. The van der Waals surface area contributed by atoms with E-state index in [2.05, 4.69) is 20.2 Å². The topological polar surface area (TPSA) is 120 Å². The predicted molar refractivity (Wildman–Crippen MR) is 118 cm³/mol. The first-order chi connectivity index (χ1) is 14.8. The van der Waals surface area contributed by atoms with Crippen LogP contribution in [0.4, 0.5) is 5.13 Å². The molecular weight excluding hydrogens is 464 g/mol. The lowest BCUT2D eigenvalue weighted by molar-refractivity contribution is 0.102. The summed E-state index contributed by atoms with van der Waals surface area (Å²) in [6, 6.07) is 12.9. The maximum atomic E-state index is 12.6. The molecule has 0 aliphatic carbocycles. The summed E-state index contributed by atoms with van der Waals surface area (Å²) < 4.78 is 38.0. The molecule has 0 saturated carbocycles. The minimum atomic E-state index is -3.94. The molecule has 1 unspecified atom stereocenters. The zero-order valence-corrected chi connectivity index (χ0v) is 18.9. The highest BCUT2D eigenvalue weighted by Gasteiger charge is 2.24. The number of anilines is 1. The third kappa shape index (κ3) is 6.14. The number of nitrogens with one attached hydrogen (secondary N) is 2. The van der Waals surface area contributed by atoms with Crippen LogP contribution in [0, 0.1) is 0 Å². The summed E-state index contributed by atoms with van der Waals surface area (Å²) in [6.45, 7) is 1.75. The van der Waals surface area contributed by atoms with Gasteiger partial charge in [0.2, 0.25) is 9.47 Å². The fraction of sp³-hybridized carbons (Fsp3) is 0.211. The smallest absolute Gasteiger partial charge is 0.270 e. The van der Waals surface area contributed by atoms with Gasteiger partial charge in [-0.05, 0) is 43.3 Å². The van der Waals surface area contributed by atoms with E-state index in [4.69, 9.17) is 21.1 Å². The Morgan fingerprint density at radius 2 is 1.81 bits per heavy atom. The molecule has 1 heterocycles. The Labute approximate surface area is 188 Å². The average Bonchev–Trinajstić information content (AvgIpc) is 3.22. The van der Waals surface area contributed by atoms with Crippen LogP contribution in [0.2, 0.25) is 5.02 Å². The maximum Gasteiger partial charge on any atom is 0.270 e. The fourth-order valence-corrected chi connectivity index (χ4v) is 4.78. The Kier molecular flexibility index (Phi) is 7.44. The Hall–Kier alpha value is -2.73. The number of benzene rings is 2. The molecule has 2 aromatic carbocycles. The zero-order chi connectivity index (χ0) is 22.4. The Bertz CT molecular complexity index is 1150. The predicted octanol–water partition coefficient (Wildman–Crippen LogP) is 3.20. The van der Waals surface area contributed by atoms with Crippen LogP contribution in [0.25, 0.3) is 0 Å².